The molecule has 0 aromatic carbocycles. The summed E-state index contributed by atoms with van der Waals surface area (Å²) in [5.41, 5.74) is 3.94. The fourth-order valence-electron chi connectivity index (χ4n) is 2.56. The number of hydrogen-bond acceptors (Lipinski definition) is 5. The maximum absolute atomic E-state index is 12.2. The number of rotatable bonds is 8. The Kier molecular flexibility index (Phi) is 16.0. The van der Waals surface area contributed by atoms with Gasteiger partial charge in [0, 0.05) is 5.57 Å². The molecule has 0 bridgehead atoms. The molecule has 1 aliphatic heterocycles. The quantitative estimate of drug-likeness (QED) is 0.213. The zero-order valence-electron chi connectivity index (χ0n) is 20.5. The first-order valence-corrected chi connectivity index (χ1v) is 10.9. The third kappa shape index (κ3) is 15.5. The van der Waals surface area contributed by atoms with E-state index in [-0.39, 0.29) is 12.6 Å². The molecule has 0 spiro atoms. The second kappa shape index (κ2) is 17.6. The van der Waals surface area contributed by atoms with Gasteiger partial charge in [0.1, 0.15) is 6.10 Å². The van der Waals surface area contributed by atoms with Gasteiger partial charge in [0.2, 0.25) is 6.29 Å². The van der Waals surface area contributed by atoms with Crippen molar-refractivity contribution < 1.29 is 29.3 Å². The number of carbonyl (C=O) groups excluding carboxylic acids is 1. The summed E-state index contributed by atoms with van der Waals surface area (Å²) < 4.78 is 10.8. The van der Waals surface area contributed by atoms with E-state index in [1.165, 1.54) is 11.1 Å². The Morgan fingerprint density at radius 2 is 1.39 bits per heavy atom. The molecule has 3 atom stereocenters. The average Bonchev–Trinajstić information content (AvgIpc) is 2.74. The van der Waals surface area contributed by atoms with Gasteiger partial charge in [-0.3, -0.25) is 4.79 Å². The van der Waals surface area contributed by atoms with E-state index in [2.05, 4.69) is 32.9 Å². The number of carbonyl (C=O) groups is 2. The van der Waals surface area contributed by atoms with Crippen LogP contribution in [0, 0.1) is 0 Å². The molecule has 0 radical (unpaired) electrons. The first-order valence-electron chi connectivity index (χ1n) is 10.9. The molecule has 0 saturated carbocycles. The van der Waals surface area contributed by atoms with Crippen LogP contribution in [0.2, 0.25) is 0 Å². The predicted octanol–water partition coefficient (Wildman–Crippen LogP) is 5.59. The van der Waals surface area contributed by atoms with Crippen molar-refractivity contribution in [2.24, 2.45) is 0 Å². The zero-order chi connectivity index (χ0) is 25.2. The van der Waals surface area contributed by atoms with Crippen molar-refractivity contribution >= 4 is 12.4 Å². The van der Waals surface area contributed by atoms with E-state index in [1.54, 1.807) is 19.1 Å². The Hall–Kier alpha value is -2.96. The summed E-state index contributed by atoms with van der Waals surface area (Å²) in [4.78, 5) is 20.5. The van der Waals surface area contributed by atoms with Crippen molar-refractivity contribution in [3.8, 4) is 0 Å². The molecular weight excluding hydrogens is 420 g/mol. The standard InChI is InChI=1S/C26H36O4.CH2O2/c1-19(2)11-9-14-20(3)12-7-8-13-21(4)15-10-16-22(5)25(28)30-26-24(27)18-17-23(6)29-26;2-1-3/h7-16,23-24,26-27H,17-18H2,1-6H3;1H,(H,2,3)/b8-7+,14-9+,15-10+,20-12+,21-13+,22-16+;. The first kappa shape index (κ1) is 30.0. The zero-order valence-corrected chi connectivity index (χ0v) is 20.5. The summed E-state index contributed by atoms with van der Waals surface area (Å²) in [5, 5.41) is 16.8. The van der Waals surface area contributed by atoms with Crippen LogP contribution in [0.25, 0.3) is 0 Å². The fraction of sp³-hybridized carbons (Fsp3) is 0.407. The van der Waals surface area contributed by atoms with E-state index in [1.807, 2.05) is 50.3 Å². The van der Waals surface area contributed by atoms with Gasteiger partial charge in [-0.25, -0.2) is 4.79 Å². The molecule has 182 valence electrons. The van der Waals surface area contributed by atoms with Crippen molar-refractivity contribution in [2.45, 2.75) is 72.9 Å². The van der Waals surface area contributed by atoms with E-state index in [0.717, 1.165) is 12.0 Å². The number of esters is 1. The smallest absolute Gasteiger partial charge is 0.336 e. The monoisotopic (exact) mass is 458 g/mol. The van der Waals surface area contributed by atoms with Gasteiger partial charge in [-0.1, -0.05) is 77.5 Å². The third-order valence-corrected chi connectivity index (χ3v) is 4.42. The normalized spacial score (nSPS) is 22.3. The molecule has 6 nitrogen and oxygen atoms in total. The van der Waals surface area contributed by atoms with Crippen molar-refractivity contribution in [1.29, 1.82) is 0 Å². The molecule has 1 saturated heterocycles. The van der Waals surface area contributed by atoms with E-state index in [4.69, 9.17) is 19.4 Å². The summed E-state index contributed by atoms with van der Waals surface area (Å²) in [7, 11) is 0. The van der Waals surface area contributed by atoms with Crippen LogP contribution in [0.3, 0.4) is 0 Å². The SMILES string of the molecule is CC(C)=C/C=C/C(C)=C/C=C/C=C(C)/C=C/C=C(\C)C(=O)OC1OC(C)CCC1O.O=CO. The molecule has 0 amide bonds. The topological polar surface area (TPSA) is 93.1 Å². The van der Waals surface area contributed by atoms with Crippen molar-refractivity contribution in [1.82, 2.24) is 0 Å². The minimum Gasteiger partial charge on any atom is -0.483 e. The summed E-state index contributed by atoms with van der Waals surface area (Å²) in [6.07, 6.45) is 19.3. The lowest BCUT2D eigenvalue weighted by Gasteiger charge is -2.31. The molecular formula is C27H38O6. The van der Waals surface area contributed by atoms with E-state index < -0.39 is 18.4 Å². The minimum atomic E-state index is -0.895. The molecule has 1 heterocycles. The Labute approximate surface area is 198 Å². The maximum Gasteiger partial charge on any atom is 0.336 e. The molecule has 1 rings (SSSR count). The van der Waals surface area contributed by atoms with Gasteiger partial charge in [-0.15, -0.1) is 0 Å². The fourth-order valence-corrected chi connectivity index (χ4v) is 2.56. The van der Waals surface area contributed by atoms with Gasteiger partial charge >= 0.3 is 5.97 Å². The number of hydrogen-bond donors (Lipinski definition) is 2. The highest BCUT2D eigenvalue weighted by atomic mass is 16.7. The summed E-state index contributed by atoms with van der Waals surface area (Å²) in [6, 6.07) is 0. The van der Waals surface area contributed by atoms with Crippen LogP contribution in [-0.4, -0.2) is 41.2 Å². The number of carboxylic acid groups (broad SMARTS) is 1. The number of ether oxygens (including phenoxy) is 2. The minimum absolute atomic E-state index is 0.0248. The second-order valence-electron chi connectivity index (χ2n) is 7.99. The Bertz CT molecular complexity index is 820. The molecule has 0 aromatic heterocycles. The van der Waals surface area contributed by atoms with Gasteiger partial charge in [-0.2, -0.15) is 0 Å². The Morgan fingerprint density at radius 3 is 1.91 bits per heavy atom. The van der Waals surface area contributed by atoms with Crippen LogP contribution in [0.15, 0.2) is 83.1 Å². The van der Waals surface area contributed by atoms with E-state index >= 15 is 0 Å². The molecule has 3 unspecified atom stereocenters. The van der Waals surface area contributed by atoms with E-state index in [9.17, 15) is 9.90 Å². The van der Waals surface area contributed by atoms with Gasteiger partial charge in [0.25, 0.3) is 6.47 Å². The largest absolute Gasteiger partial charge is 0.483 e. The van der Waals surface area contributed by atoms with E-state index in [0.29, 0.717) is 12.0 Å². The van der Waals surface area contributed by atoms with Gasteiger partial charge < -0.3 is 19.7 Å². The van der Waals surface area contributed by atoms with Crippen LogP contribution in [0.1, 0.15) is 54.4 Å². The van der Waals surface area contributed by atoms with Crippen molar-refractivity contribution in [3.63, 3.8) is 0 Å². The van der Waals surface area contributed by atoms with Crippen molar-refractivity contribution in [3.05, 3.63) is 83.1 Å². The van der Waals surface area contributed by atoms with Gasteiger partial charge in [0.05, 0.1) is 6.10 Å². The Balaban J connectivity index is 0.00000322. The lowest BCUT2D eigenvalue weighted by molar-refractivity contribution is -0.230. The lowest BCUT2D eigenvalue weighted by atomic mass is 10.1. The first-order chi connectivity index (χ1) is 15.6. The van der Waals surface area contributed by atoms with Crippen LogP contribution in [0.5, 0.6) is 0 Å². The molecule has 1 fully saturated rings. The number of allylic oxidation sites excluding steroid dienone is 13. The third-order valence-electron chi connectivity index (χ3n) is 4.42. The molecule has 0 aromatic rings. The van der Waals surface area contributed by atoms with Crippen LogP contribution in [0.4, 0.5) is 0 Å². The molecule has 33 heavy (non-hydrogen) atoms. The highest BCUT2D eigenvalue weighted by Crippen LogP contribution is 2.21. The molecule has 1 aliphatic rings. The summed E-state index contributed by atoms with van der Waals surface area (Å²) in [5.74, 6) is -0.485. The molecule has 2 N–H and O–H groups in total. The molecule has 0 aliphatic carbocycles. The van der Waals surface area contributed by atoms with Gasteiger partial charge in [-0.05, 0) is 54.4 Å². The summed E-state index contributed by atoms with van der Waals surface area (Å²) in [6.45, 7) is 11.5. The Morgan fingerprint density at radius 1 is 0.879 bits per heavy atom. The van der Waals surface area contributed by atoms with Crippen LogP contribution in [-0.2, 0) is 19.1 Å². The van der Waals surface area contributed by atoms with Gasteiger partial charge in [0.15, 0.2) is 0 Å². The summed E-state index contributed by atoms with van der Waals surface area (Å²) >= 11 is 0. The second-order valence-corrected chi connectivity index (χ2v) is 7.99. The predicted molar refractivity (Wildman–Crippen MR) is 132 cm³/mol. The maximum atomic E-state index is 12.2. The number of aliphatic hydroxyl groups excluding tert-OH is 1. The van der Waals surface area contributed by atoms with Crippen molar-refractivity contribution in [2.75, 3.05) is 0 Å². The highest BCUT2D eigenvalue weighted by molar-refractivity contribution is 5.88. The lowest BCUT2D eigenvalue weighted by Crippen LogP contribution is -2.41. The van der Waals surface area contributed by atoms with Crippen LogP contribution >= 0.6 is 0 Å². The molecule has 6 heteroatoms. The van der Waals surface area contributed by atoms with Crippen LogP contribution < -0.4 is 0 Å². The highest BCUT2D eigenvalue weighted by Gasteiger charge is 2.31. The number of aliphatic hydroxyl groups is 1. The average molecular weight is 459 g/mol.